The van der Waals surface area contributed by atoms with Crippen LogP contribution in [0.5, 0.6) is 0 Å². The van der Waals surface area contributed by atoms with Gasteiger partial charge >= 0.3 is 0 Å². The minimum absolute atomic E-state index is 0.391. The average molecular weight is 324 g/mol. The zero-order valence-corrected chi connectivity index (χ0v) is 14.3. The zero-order valence-electron chi connectivity index (χ0n) is 12.6. The molecule has 2 rings (SSSR count). The Kier molecular flexibility index (Phi) is 4.70. The fourth-order valence-electron chi connectivity index (χ4n) is 2.19. The van der Waals surface area contributed by atoms with Crippen molar-refractivity contribution in [2.45, 2.75) is 32.2 Å². The van der Waals surface area contributed by atoms with E-state index in [1.54, 1.807) is 6.07 Å². The highest BCUT2D eigenvalue weighted by Crippen LogP contribution is 2.29. The Bertz CT molecular complexity index is 749. The number of nitrogens with one attached hydrogen (secondary N) is 2. The molecule has 0 saturated carbocycles. The van der Waals surface area contributed by atoms with Crippen LogP contribution in [0.1, 0.15) is 21.6 Å². The van der Waals surface area contributed by atoms with Gasteiger partial charge in [0.1, 0.15) is 4.90 Å². The lowest BCUT2D eigenvalue weighted by Gasteiger charge is -2.13. The van der Waals surface area contributed by atoms with Crippen molar-refractivity contribution in [2.75, 3.05) is 11.8 Å². The van der Waals surface area contributed by atoms with E-state index in [1.165, 1.54) is 11.3 Å². The second-order valence-corrected chi connectivity index (χ2v) is 7.64. The second-order valence-electron chi connectivity index (χ2n) is 5.05. The van der Waals surface area contributed by atoms with Gasteiger partial charge in [-0.15, -0.1) is 11.3 Å². The lowest BCUT2D eigenvalue weighted by Crippen LogP contribution is -2.17. The van der Waals surface area contributed by atoms with Crippen LogP contribution in [0.4, 0.5) is 5.69 Å². The standard InChI is InChI=1S/C15H20N2O2S2/c1-10-6-5-7-13(12(10)3)17-21(18,19)15-11(2)9-20-14(15)8-16-4/h5-7,9,16-17H,8H2,1-4H3. The summed E-state index contributed by atoms with van der Waals surface area (Å²) in [6.45, 7) is 6.26. The van der Waals surface area contributed by atoms with Crippen molar-refractivity contribution in [3.63, 3.8) is 0 Å². The number of rotatable bonds is 5. The molecule has 0 radical (unpaired) electrons. The van der Waals surface area contributed by atoms with Crippen molar-refractivity contribution < 1.29 is 8.42 Å². The summed E-state index contributed by atoms with van der Waals surface area (Å²) in [5, 5.41) is 4.89. The van der Waals surface area contributed by atoms with Crippen LogP contribution in [0.3, 0.4) is 0 Å². The summed E-state index contributed by atoms with van der Waals surface area (Å²) in [6.07, 6.45) is 0. The van der Waals surface area contributed by atoms with Crippen molar-refractivity contribution in [1.29, 1.82) is 0 Å². The maximum Gasteiger partial charge on any atom is 0.263 e. The van der Waals surface area contributed by atoms with Gasteiger partial charge in [-0.1, -0.05) is 12.1 Å². The van der Waals surface area contributed by atoms with E-state index in [9.17, 15) is 8.42 Å². The molecule has 0 spiro atoms. The Hall–Kier alpha value is -1.37. The highest BCUT2D eigenvalue weighted by molar-refractivity contribution is 7.93. The van der Waals surface area contributed by atoms with Crippen LogP contribution in [0.25, 0.3) is 0 Å². The molecule has 4 nitrogen and oxygen atoms in total. The summed E-state index contributed by atoms with van der Waals surface area (Å²) in [4.78, 5) is 1.22. The van der Waals surface area contributed by atoms with Crippen molar-refractivity contribution in [3.05, 3.63) is 45.1 Å². The van der Waals surface area contributed by atoms with Crippen LogP contribution in [0.2, 0.25) is 0 Å². The summed E-state index contributed by atoms with van der Waals surface area (Å²) < 4.78 is 28.1. The molecule has 0 aliphatic rings. The number of aryl methyl sites for hydroxylation is 2. The highest BCUT2D eigenvalue weighted by atomic mass is 32.2. The third-order valence-electron chi connectivity index (χ3n) is 3.44. The van der Waals surface area contributed by atoms with Crippen LogP contribution >= 0.6 is 11.3 Å². The first kappa shape index (κ1) is 16.0. The summed E-state index contributed by atoms with van der Waals surface area (Å²) in [5.74, 6) is 0. The Morgan fingerprint density at radius 1 is 1.14 bits per heavy atom. The van der Waals surface area contributed by atoms with Gasteiger partial charge in [0.2, 0.25) is 0 Å². The van der Waals surface area contributed by atoms with E-state index in [1.807, 2.05) is 45.3 Å². The molecule has 114 valence electrons. The van der Waals surface area contributed by atoms with Gasteiger partial charge in [0, 0.05) is 11.4 Å². The fraction of sp³-hybridized carbons (Fsp3) is 0.333. The van der Waals surface area contributed by atoms with Crippen LogP contribution in [-0.2, 0) is 16.6 Å². The predicted molar refractivity (Wildman–Crippen MR) is 88.5 cm³/mol. The second kappa shape index (κ2) is 6.17. The molecule has 21 heavy (non-hydrogen) atoms. The van der Waals surface area contributed by atoms with Gasteiger partial charge < -0.3 is 5.32 Å². The van der Waals surface area contributed by atoms with Gasteiger partial charge in [0.15, 0.2) is 0 Å². The average Bonchev–Trinajstić information content (AvgIpc) is 2.77. The predicted octanol–water partition coefficient (Wildman–Crippen LogP) is 3.19. The fourth-order valence-corrected chi connectivity index (χ4v) is 5.14. The zero-order chi connectivity index (χ0) is 15.6. The highest BCUT2D eigenvalue weighted by Gasteiger charge is 2.23. The summed E-state index contributed by atoms with van der Waals surface area (Å²) >= 11 is 1.46. The largest absolute Gasteiger partial charge is 0.315 e. The van der Waals surface area contributed by atoms with E-state index in [4.69, 9.17) is 0 Å². The minimum atomic E-state index is -3.57. The number of hydrogen-bond acceptors (Lipinski definition) is 4. The molecule has 0 aliphatic heterocycles. The molecule has 1 heterocycles. The van der Waals surface area contributed by atoms with Gasteiger partial charge in [0.05, 0.1) is 5.69 Å². The Balaban J connectivity index is 2.44. The van der Waals surface area contributed by atoms with E-state index in [0.29, 0.717) is 17.1 Å². The summed E-state index contributed by atoms with van der Waals surface area (Å²) in [7, 11) is -1.76. The van der Waals surface area contributed by atoms with Crippen LogP contribution in [0.15, 0.2) is 28.5 Å². The van der Waals surface area contributed by atoms with Gasteiger partial charge in [0.25, 0.3) is 10.0 Å². The molecule has 0 amide bonds. The number of benzene rings is 1. The van der Waals surface area contributed by atoms with Crippen LogP contribution in [-0.4, -0.2) is 15.5 Å². The van der Waals surface area contributed by atoms with E-state index >= 15 is 0 Å². The van der Waals surface area contributed by atoms with E-state index in [0.717, 1.165) is 21.6 Å². The number of thiophene rings is 1. The Labute approximate surface area is 130 Å². The van der Waals surface area contributed by atoms with Gasteiger partial charge in [-0.05, 0) is 56.0 Å². The third kappa shape index (κ3) is 3.28. The van der Waals surface area contributed by atoms with Crippen LogP contribution < -0.4 is 10.0 Å². The van der Waals surface area contributed by atoms with Crippen LogP contribution in [0, 0.1) is 20.8 Å². The molecule has 6 heteroatoms. The lowest BCUT2D eigenvalue weighted by molar-refractivity contribution is 0.599. The molecule has 1 aromatic heterocycles. The molecule has 0 bridgehead atoms. The lowest BCUT2D eigenvalue weighted by atomic mass is 10.1. The van der Waals surface area contributed by atoms with Gasteiger partial charge in [-0.25, -0.2) is 8.42 Å². The number of anilines is 1. The Morgan fingerprint density at radius 2 is 1.86 bits per heavy atom. The molecule has 0 fully saturated rings. The normalized spacial score (nSPS) is 11.6. The molecule has 1 aromatic carbocycles. The molecule has 0 unspecified atom stereocenters. The van der Waals surface area contributed by atoms with E-state index in [-0.39, 0.29) is 0 Å². The summed E-state index contributed by atoms with van der Waals surface area (Å²) in [6, 6.07) is 5.61. The molecule has 2 aromatic rings. The summed E-state index contributed by atoms with van der Waals surface area (Å²) in [5.41, 5.74) is 3.43. The molecular formula is C15H20N2O2S2. The minimum Gasteiger partial charge on any atom is -0.315 e. The monoisotopic (exact) mass is 324 g/mol. The first-order valence-electron chi connectivity index (χ1n) is 6.67. The molecule has 0 saturated heterocycles. The Morgan fingerprint density at radius 3 is 2.52 bits per heavy atom. The van der Waals surface area contributed by atoms with Crippen molar-refractivity contribution in [2.24, 2.45) is 0 Å². The molecule has 2 N–H and O–H groups in total. The quantitative estimate of drug-likeness (QED) is 0.888. The molecule has 0 atom stereocenters. The smallest absolute Gasteiger partial charge is 0.263 e. The number of hydrogen-bond donors (Lipinski definition) is 2. The maximum atomic E-state index is 12.7. The van der Waals surface area contributed by atoms with Gasteiger partial charge in [-0.3, -0.25) is 4.72 Å². The molecular weight excluding hydrogens is 304 g/mol. The van der Waals surface area contributed by atoms with E-state index < -0.39 is 10.0 Å². The van der Waals surface area contributed by atoms with E-state index in [2.05, 4.69) is 10.0 Å². The molecule has 0 aliphatic carbocycles. The van der Waals surface area contributed by atoms with Gasteiger partial charge in [-0.2, -0.15) is 0 Å². The maximum absolute atomic E-state index is 12.7. The first-order chi connectivity index (χ1) is 9.86. The topological polar surface area (TPSA) is 58.2 Å². The SMILES string of the molecule is CNCc1scc(C)c1S(=O)(=O)Nc1cccc(C)c1C. The number of sulfonamides is 1. The van der Waals surface area contributed by atoms with Crippen molar-refractivity contribution in [3.8, 4) is 0 Å². The van der Waals surface area contributed by atoms with Crippen molar-refractivity contribution in [1.82, 2.24) is 5.32 Å². The van der Waals surface area contributed by atoms with Crippen molar-refractivity contribution >= 4 is 27.0 Å². The third-order valence-corrected chi connectivity index (χ3v) is 6.27. The first-order valence-corrected chi connectivity index (χ1v) is 9.03.